The Morgan fingerprint density at radius 3 is 2.94 bits per heavy atom. The van der Waals surface area contributed by atoms with Crippen LogP contribution in [0.4, 0.5) is 5.82 Å². The molecule has 0 radical (unpaired) electrons. The fraction of sp³-hybridized carbons (Fsp3) is 0.182. The highest BCUT2D eigenvalue weighted by Crippen LogP contribution is 2.40. The van der Waals surface area contributed by atoms with Crippen LogP contribution >= 0.6 is 11.3 Å². The molecule has 6 heterocycles. The fourth-order valence-corrected chi connectivity index (χ4v) is 4.95. The van der Waals surface area contributed by atoms with Crippen molar-refractivity contribution in [1.29, 1.82) is 0 Å². The van der Waals surface area contributed by atoms with Crippen LogP contribution in [0.3, 0.4) is 0 Å². The third-order valence-electron chi connectivity index (χ3n) is 5.83. The second kappa shape index (κ2) is 6.64. The molecule has 1 fully saturated rings. The number of fused-ring (bicyclic) bond motifs is 2. The Balaban J connectivity index is 1.41. The van der Waals surface area contributed by atoms with Crippen LogP contribution in [0.2, 0.25) is 0 Å². The number of nitrogen functional groups attached to an aromatic ring is 1. The lowest BCUT2D eigenvalue weighted by Gasteiger charge is -2.38. The summed E-state index contributed by atoms with van der Waals surface area (Å²) in [4.78, 5) is 21.8. The van der Waals surface area contributed by atoms with E-state index in [-0.39, 0.29) is 11.9 Å². The van der Waals surface area contributed by atoms with E-state index in [4.69, 9.17) is 10.2 Å². The quantitative estimate of drug-likeness (QED) is 0.465. The summed E-state index contributed by atoms with van der Waals surface area (Å²) < 4.78 is 9.18. The van der Waals surface area contributed by atoms with Crippen LogP contribution in [0.25, 0.3) is 43.5 Å². The predicted molar refractivity (Wildman–Crippen MR) is 120 cm³/mol. The van der Waals surface area contributed by atoms with Gasteiger partial charge in [-0.1, -0.05) is 0 Å². The zero-order valence-electron chi connectivity index (χ0n) is 16.6. The van der Waals surface area contributed by atoms with Gasteiger partial charge in [0.2, 0.25) is 5.91 Å². The highest BCUT2D eigenvalue weighted by atomic mass is 32.1. The predicted octanol–water partition coefficient (Wildman–Crippen LogP) is 3.95. The molecule has 0 bridgehead atoms. The van der Waals surface area contributed by atoms with Crippen molar-refractivity contribution in [2.75, 3.05) is 18.8 Å². The van der Waals surface area contributed by atoms with Gasteiger partial charge >= 0.3 is 0 Å². The Kier molecular flexibility index (Phi) is 3.87. The highest BCUT2D eigenvalue weighted by molar-refractivity contribution is 7.17. The lowest BCUT2D eigenvalue weighted by molar-refractivity contribution is -0.134. The minimum atomic E-state index is 0.0933. The van der Waals surface area contributed by atoms with Crippen LogP contribution in [0.15, 0.2) is 52.9 Å². The molecule has 0 aromatic carbocycles. The van der Waals surface area contributed by atoms with Crippen molar-refractivity contribution in [3.8, 4) is 22.5 Å². The molecule has 1 aliphatic heterocycles. The number of pyridine rings is 2. The highest BCUT2D eigenvalue weighted by Gasteiger charge is 2.30. The van der Waals surface area contributed by atoms with Crippen LogP contribution in [0.5, 0.6) is 0 Å². The number of hydrogen-bond acceptors (Lipinski definition) is 7. The lowest BCUT2D eigenvalue weighted by Crippen LogP contribution is -2.49. The molecule has 31 heavy (non-hydrogen) atoms. The second-order valence-electron chi connectivity index (χ2n) is 7.72. The smallest absolute Gasteiger partial charge is 0.219 e. The van der Waals surface area contributed by atoms with Gasteiger partial charge in [0, 0.05) is 77.6 Å². The van der Waals surface area contributed by atoms with Crippen molar-refractivity contribution in [3.63, 3.8) is 0 Å². The summed E-state index contributed by atoms with van der Waals surface area (Å²) >= 11 is 1.63. The molecule has 1 aliphatic rings. The molecule has 6 rings (SSSR count). The lowest BCUT2D eigenvalue weighted by atomic mass is 10.1. The Hall–Kier alpha value is -3.72. The van der Waals surface area contributed by atoms with Crippen molar-refractivity contribution in [2.24, 2.45) is 0 Å². The SMILES string of the molecule is CC(=O)N1CC(n2cc(-c3cnc(N)c4oc(-c5csc6cnccc56)cc34)cn2)C1. The first-order valence-electron chi connectivity index (χ1n) is 9.88. The number of likely N-dealkylation sites (tertiary alicyclic amines) is 1. The average molecular weight is 430 g/mol. The molecule has 5 aromatic heterocycles. The van der Waals surface area contributed by atoms with Gasteiger partial charge in [0.1, 0.15) is 5.76 Å². The zero-order valence-corrected chi connectivity index (χ0v) is 17.5. The Morgan fingerprint density at radius 2 is 2.10 bits per heavy atom. The van der Waals surface area contributed by atoms with Crippen LogP contribution in [0.1, 0.15) is 13.0 Å². The first-order valence-corrected chi connectivity index (χ1v) is 10.8. The van der Waals surface area contributed by atoms with Gasteiger partial charge < -0.3 is 15.1 Å². The minimum absolute atomic E-state index is 0.0933. The maximum atomic E-state index is 11.5. The maximum Gasteiger partial charge on any atom is 0.219 e. The molecule has 0 aliphatic carbocycles. The van der Waals surface area contributed by atoms with E-state index < -0.39 is 0 Å². The number of hydrogen-bond donors (Lipinski definition) is 1. The summed E-state index contributed by atoms with van der Waals surface area (Å²) in [7, 11) is 0. The third kappa shape index (κ3) is 2.81. The van der Waals surface area contributed by atoms with Crippen LogP contribution in [-0.4, -0.2) is 43.6 Å². The van der Waals surface area contributed by atoms with E-state index in [1.54, 1.807) is 35.6 Å². The van der Waals surface area contributed by atoms with Crippen LogP contribution < -0.4 is 5.73 Å². The second-order valence-corrected chi connectivity index (χ2v) is 8.63. The average Bonchev–Trinajstić information content (AvgIpc) is 3.45. The minimum Gasteiger partial charge on any atom is -0.452 e. The molecule has 154 valence electrons. The van der Waals surface area contributed by atoms with Crippen LogP contribution in [0, 0.1) is 0 Å². The fourth-order valence-electron chi connectivity index (χ4n) is 4.04. The van der Waals surface area contributed by atoms with E-state index >= 15 is 0 Å². The van der Waals surface area contributed by atoms with Gasteiger partial charge in [-0.05, 0) is 12.1 Å². The van der Waals surface area contributed by atoms with E-state index in [2.05, 4.69) is 20.4 Å². The number of rotatable bonds is 3. The first-order chi connectivity index (χ1) is 15.1. The summed E-state index contributed by atoms with van der Waals surface area (Å²) in [5.41, 5.74) is 9.57. The Morgan fingerprint density at radius 1 is 1.23 bits per heavy atom. The summed E-state index contributed by atoms with van der Waals surface area (Å²) in [5, 5.41) is 8.59. The number of nitrogens with two attached hydrogens (primary N) is 1. The van der Waals surface area contributed by atoms with Crippen molar-refractivity contribution in [3.05, 3.63) is 48.5 Å². The largest absolute Gasteiger partial charge is 0.452 e. The molecule has 1 saturated heterocycles. The van der Waals surface area contributed by atoms with Gasteiger partial charge in [-0.25, -0.2) is 4.98 Å². The number of carbonyl (C=O) groups is 1. The maximum absolute atomic E-state index is 11.5. The number of carbonyl (C=O) groups excluding carboxylic acids is 1. The van der Waals surface area contributed by atoms with Gasteiger partial charge in [-0.2, -0.15) is 5.10 Å². The third-order valence-corrected chi connectivity index (χ3v) is 6.76. The Bertz CT molecular complexity index is 1460. The number of furan rings is 1. The van der Waals surface area contributed by atoms with Gasteiger partial charge in [0.05, 0.1) is 16.9 Å². The van der Waals surface area contributed by atoms with Crippen molar-refractivity contribution >= 4 is 44.1 Å². The molecular weight excluding hydrogens is 412 g/mol. The molecule has 8 nitrogen and oxygen atoms in total. The van der Waals surface area contributed by atoms with E-state index in [1.165, 1.54) is 0 Å². The van der Waals surface area contributed by atoms with Gasteiger partial charge in [0.25, 0.3) is 0 Å². The zero-order chi connectivity index (χ0) is 21.1. The van der Waals surface area contributed by atoms with E-state index in [9.17, 15) is 4.79 Å². The molecule has 2 N–H and O–H groups in total. The molecular formula is C22H18N6O2S. The molecule has 9 heteroatoms. The first kappa shape index (κ1) is 18.1. The van der Waals surface area contributed by atoms with E-state index in [1.807, 2.05) is 35.4 Å². The monoisotopic (exact) mass is 430 g/mol. The summed E-state index contributed by atoms with van der Waals surface area (Å²) in [5.74, 6) is 1.20. The normalized spacial score (nSPS) is 14.4. The summed E-state index contributed by atoms with van der Waals surface area (Å²) in [6, 6.07) is 4.20. The molecule has 0 atom stereocenters. The van der Waals surface area contributed by atoms with Crippen molar-refractivity contribution in [1.82, 2.24) is 24.6 Å². The summed E-state index contributed by atoms with van der Waals surface area (Å²) in [6.45, 7) is 2.95. The van der Waals surface area contributed by atoms with Crippen molar-refractivity contribution in [2.45, 2.75) is 13.0 Å². The van der Waals surface area contributed by atoms with Crippen molar-refractivity contribution < 1.29 is 9.21 Å². The molecule has 0 unspecified atom stereocenters. The molecule has 5 aromatic rings. The van der Waals surface area contributed by atoms with Gasteiger partial charge in [-0.3, -0.25) is 14.5 Å². The Labute approximate surface area is 180 Å². The molecule has 1 amide bonds. The number of anilines is 1. The number of nitrogens with zero attached hydrogens (tertiary/aromatic N) is 5. The van der Waals surface area contributed by atoms with Gasteiger partial charge in [0.15, 0.2) is 11.4 Å². The van der Waals surface area contributed by atoms with Crippen LogP contribution in [-0.2, 0) is 4.79 Å². The molecule has 0 spiro atoms. The standard InChI is InChI=1S/C22H18N6O2S/c1-12(29)27-9-14(10-27)28-8-13(5-26-28)17-6-25-22(23)21-16(17)4-19(30-21)18-11-31-20-7-24-3-2-15(18)20/h2-8,11,14H,9-10H2,1H3,(H2,23,25). The van der Waals surface area contributed by atoms with Gasteiger partial charge in [-0.15, -0.1) is 11.3 Å². The number of aromatic nitrogens is 4. The number of thiophene rings is 1. The summed E-state index contributed by atoms with van der Waals surface area (Å²) in [6.07, 6.45) is 9.21. The topological polar surface area (TPSA) is 103 Å². The van der Waals surface area contributed by atoms with E-state index in [0.29, 0.717) is 24.5 Å². The number of amides is 1. The molecule has 0 saturated carbocycles. The van der Waals surface area contributed by atoms with E-state index in [0.717, 1.165) is 37.9 Å².